The maximum Gasteiger partial charge on any atom is 0.355 e. The first-order valence-electron chi connectivity index (χ1n) is 14.9. The van der Waals surface area contributed by atoms with E-state index in [0.717, 1.165) is 68.1 Å². The van der Waals surface area contributed by atoms with Crippen LogP contribution in [0.2, 0.25) is 0 Å². The number of ether oxygens (including phenoxy) is 2. The number of nitrogens with zero attached hydrogens (tertiary/aromatic N) is 6. The molecule has 4 heterocycles. The van der Waals surface area contributed by atoms with E-state index in [0.29, 0.717) is 43.5 Å². The number of carboxylic acids is 1. The predicted octanol–water partition coefficient (Wildman–Crippen LogP) is 6.33. The highest BCUT2D eigenvalue weighted by Gasteiger charge is 2.28. The number of benzene rings is 2. The second kappa shape index (κ2) is 13.8. The molecule has 0 bridgehead atoms. The number of carboxylic acid groups (broad SMARTS) is 1. The summed E-state index contributed by atoms with van der Waals surface area (Å²) in [7, 11) is 4.02. The van der Waals surface area contributed by atoms with E-state index in [1.807, 2.05) is 74.4 Å². The minimum Gasteiger partial charge on any atom is -0.494 e. The van der Waals surface area contributed by atoms with Crippen LogP contribution >= 0.6 is 22.7 Å². The highest BCUT2D eigenvalue weighted by molar-refractivity contribution is 7.22. The van der Waals surface area contributed by atoms with E-state index >= 15 is 0 Å². The van der Waals surface area contributed by atoms with Crippen molar-refractivity contribution >= 4 is 60.8 Å². The maximum absolute atomic E-state index is 12.1. The summed E-state index contributed by atoms with van der Waals surface area (Å²) in [5, 5.41) is 23.8. The lowest BCUT2D eigenvalue weighted by atomic mass is 10.0. The Morgan fingerprint density at radius 3 is 2.51 bits per heavy atom. The number of hydrogen-bond acceptors (Lipinski definition) is 12. The van der Waals surface area contributed by atoms with Crippen molar-refractivity contribution in [1.82, 2.24) is 25.1 Å². The van der Waals surface area contributed by atoms with E-state index in [9.17, 15) is 9.90 Å². The first-order valence-corrected chi connectivity index (χ1v) is 16.5. The number of likely N-dealkylation sites (N-methyl/N-ethyl adjacent to an activating group) is 1. The number of aromatic nitrogens is 4. The van der Waals surface area contributed by atoms with E-state index in [4.69, 9.17) is 9.47 Å². The normalized spacial score (nSPS) is 12.8. The summed E-state index contributed by atoms with van der Waals surface area (Å²) in [4.78, 5) is 26.1. The zero-order valence-electron chi connectivity index (χ0n) is 25.4. The van der Waals surface area contributed by atoms with Gasteiger partial charge in [-0.1, -0.05) is 23.5 Å². The lowest BCUT2D eigenvalue weighted by molar-refractivity contribution is 0.0690. The van der Waals surface area contributed by atoms with Crippen molar-refractivity contribution in [1.29, 1.82) is 0 Å². The van der Waals surface area contributed by atoms with Gasteiger partial charge in [0.05, 0.1) is 16.8 Å². The molecule has 0 spiro atoms. The van der Waals surface area contributed by atoms with E-state index in [1.54, 1.807) is 11.3 Å². The second-order valence-corrected chi connectivity index (χ2v) is 13.1. The molecule has 6 rings (SSSR count). The SMILES string of the molecule is Cc1c(Nc2nc3ccccc3s2)nnc2c1CCCN2c1nc(C(=O)O)c(CCCOc2ccc(OCCN(C)C)cc2)s1. The summed E-state index contributed by atoms with van der Waals surface area (Å²) in [6.45, 7) is 4.64. The molecular formula is C32H35N7O4S2. The second-order valence-electron chi connectivity index (χ2n) is 11.0. The molecule has 0 atom stereocenters. The van der Waals surface area contributed by atoms with Gasteiger partial charge in [-0.25, -0.2) is 14.8 Å². The maximum atomic E-state index is 12.1. The van der Waals surface area contributed by atoms with E-state index in [2.05, 4.69) is 30.4 Å². The van der Waals surface area contributed by atoms with E-state index in [1.165, 1.54) is 11.3 Å². The van der Waals surface area contributed by atoms with Gasteiger partial charge in [0.25, 0.3) is 0 Å². The van der Waals surface area contributed by atoms with Gasteiger partial charge in [-0.05, 0) is 83.1 Å². The first kappa shape index (κ1) is 30.7. The molecule has 3 aromatic heterocycles. The van der Waals surface area contributed by atoms with Crippen LogP contribution in [0.1, 0.15) is 39.3 Å². The molecule has 1 aliphatic heterocycles. The Bertz CT molecular complexity index is 1760. The van der Waals surface area contributed by atoms with Crippen molar-refractivity contribution in [3.63, 3.8) is 0 Å². The minimum atomic E-state index is -1.03. The van der Waals surface area contributed by atoms with Crippen LogP contribution < -0.4 is 19.7 Å². The third-order valence-electron chi connectivity index (χ3n) is 7.47. The van der Waals surface area contributed by atoms with Gasteiger partial charge < -0.3 is 29.7 Å². The zero-order chi connectivity index (χ0) is 31.3. The molecule has 0 saturated carbocycles. The average molecular weight is 646 g/mol. The molecule has 1 aliphatic rings. The third-order valence-corrected chi connectivity index (χ3v) is 9.56. The van der Waals surface area contributed by atoms with Gasteiger partial charge in [0.1, 0.15) is 18.1 Å². The van der Waals surface area contributed by atoms with Gasteiger partial charge in [0.15, 0.2) is 27.6 Å². The van der Waals surface area contributed by atoms with E-state index < -0.39 is 5.97 Å². The standard InChI is InChI=1S/C32H35N7O4S2/c1-20-23-8-6-16-39(29(23)37-36-28(20)35-31-33-24-9-4-5-10-25(24)44-31)32-34-27(30(40)41)26(45-32)11-7-18-42-21-12-14-22(15-13-21)43-19-17-38(2)3/h4-5,9-10,12-15H,6-8,11,16-19H2,1-3H3,(H,40,41)(H,33,35,36). The van der Waals surface area contributed by atoms with Crippen molar-refractivity contribution in [2.45, 2.75) is 32.6 Å². The molecule has 234 valence electrons. The number of aromatic carboxylic acids is 1. The number of aryl methyl sites for hydroxylation is 1. The topological polar surface area (TPSA) is 126 Å². The van der Waals surface area contributed by atoms with Crippen molar-refractivity contribution in [2.24, 2.45) is 0 Å². The highest BCUT2D eigenvalue weighted by Crippen LogP contribution is 2.39. The fourth-order valence-corrected chi connectivity index (χ4v) is 7.09. The molecule has 0 amide bonds. The number of para-hydroxylation sites is 1. The number of hydrogen-bond donors (Lipinski definition) is 2. The van der Waals surface area contributed by atoms with Gasteiger partial charge in [0.2, 0.25) is 0 Å². The van der Waals surface area contributed by atoms with Crippen molar-refractivity contribution in [3.05, 3.63) is 70.2 Å². The molecular weight excluding hydrogens is 611 g/mol. The predicted molar refractivity (Wildman–Crippen MR) is 178 cm³/mol. The van der Waals surface area contributed by atoms with Crippen LogP contribution in [0.25, 0.3) is 10.2 Å². The number of thiazole rings is 2. The lowest BCUT2D eigenvalue weighted by Crippen LogP contribution is -2.27. The number of rotatable bonds is 13. The zero-order valence-corrected chi connectivity index (χ0v) is 27.1. The smallest absolute Gasteiger partial charge is 0.355 e. The molecule has 0 unspecified atom stereocenters. The quantitative estimate of drug-likeness (QED) is 0.140. The Morgan fingerprint density at radius 1 is 1.02 bits per heavy atom. The Kier molecular flexibility index (Phi) is 9.38. The average Bonchev–Trinajstić information content (AvgIpc) is 3.65. The first-order chi connectivity index (χ1) is 21.9. The van der Waals surface area contributed by atoms with Gasteiger partial charge in [-0.2, -0.15) is 0 Å². The summed E-state index contributed by atoms with van der Waals surface area (Å²) in [5.74, 6) is 1.91. The largest absolute Gasteiger partial charge is 0.494 e. The number of carbonyl (C=O) groups is 1. The van der Waals surface area contributed by atoms with Crippen LogP contribution in [0.3, 0.4) is 0 Å². The van der Waals surface area contributed by atoms with Crippen LogP contribution in [0, 0.1) is 6.92 Å². The van der Waals surface area contributed by atoms with Gasteiger partial charge in [0, 0.05) is 29.1 Å². The van der Waals surface area contributed by atoms with Crippen molar-refractivity contribution in [2.75, 3.05) is 50.6 Å². The molecule has 0 radical (unpaired) electrons. The van der Waals surface area contributed by atoms with Crippen LogP contribution in [-0.4, -0.2) is 76.5 Å². The van der Waals surface area contributed by atoms with Crippen molar-refractivity contribution in [3.8, 4) is 11.5 Å². The Hall–Kier alpha value is -4.33. The summed E-state index contributed by atoms with van der Waals surface area (Å²) < 4.78 is 12.8. The third kappa shape index (κ3) is 7.16. The highest BCUT2D eigenvalue weighted by atomic mass is 32.1. The van der Waals surface area contributed by atoms with Crippen LogP contribution in [-0.2, 0) is 12.8 Å². The van der Waals surface area contributed by atoms with Gasteiger partial charge >= 0.3 is 5.97 Å². The number of anilines is 4. The lowest BCUT2D eigenvalue weighted by Gasteiger charge is -2.28. The molecule has 2 N–H and O–H groups in total. The van der Waals surface area contributed by atoms with Crippen molar-refractivity contribution < 1.29 is 19.4 Å². The molecule has 5 aromatic rings. The molecule has 0 fully saturated rings. The monoisotopic (exact) mass is 645 g/mol. The minimum absolute atomic E-state index is 0.0835. The summed E-state index contributed by atoms with van der Waals surface area (Å²) in [6, 6.07) is 15.6. The molecule has 0 aliphatic carbocycles. The summed E-state index contributed by atoms with van der Waals surface area (Å²) in [5.41, 5.74) is 3.11. The van der Waals surface area contributed by atoms with Crippen LogP contribution in [0.15, 0.2) is 48.5 Å². The van der Waals surface area contributed by atoms with Gasteiger partial charge in [-0.3, -0.25) is 0 Å². The Labute approximate surface area is 269 Å². The summed E-state index contributed by atoms with van der Waals surface area (Å²) in [6.07, 6.45) is 2.94. The molecule has 45 heavy (non-hydrogen) atoms. The Morgan fingerprint density at radius 2 is 1.78 bits per heavy atom. The number of fused-ring (bicyclic) bond motifs is 2. The van der Waals surface area contributed by atoms with Crippen LogP contribution in [0.4, 0.5) is 21.9 Å². The van der Waals surface area contributed by atoms with Crippen LogP contribution in [0.5, 0.6) is 11.5 Å². The Balaban J connectivity index is 1.11. The molecule has 0 saturated heterocycles. The number of nitrogens with one attached hydrogen (secondary N) is 1. The van der Waals surface area contributed by atoms with Gasteiger partial charge in [-0.15, -0.1) is 21.5 Å². The summed E-state index contributed by atoms with van der Waals surface area (Å²) >= 11 is 2.97. The molecule has 2 aromatic carbocycles. The molecule has 11 nitrogen and oxygen atoms in total. The van der Waals surface area contributed by atoms with E-state index in [-0.39, 0.29) is 5.69 Å². The fourth-order valence-electron chi connectivity index (χ4n) is 5.10. The molecule has 13 heteroatoms. The fraction of sp³-hybridized carbons (Fsp3) is 0.344.